The molecule has 0 radical (unpaired) electrons. The average molecular weight is 452 g/mol. The van der Waals surface area contributed by atoms with Gasteiger partial charge in [-0.05, 0) is 39.0 Å². The first-order valence-electron chi connectivity index (χ1n) is 8.82. The number of carbonyl (C=O) groups is 2. The van der Waals surface area contributed by atoms with Crippen LogP contribution in [0.1, 0.15) is 27.2 Å². The molecular weight excluding hydrogens is 430 g/mol. The SMILES string of the molecule is COC(=O)[C@H]1C[C@@H](Oc2ncnc3ccc(Br)cc23)CN1C(=O)OC(C)(C)C. The number of aromatic nitrogens is 2. The van der Waals surface area contributed by atoms with Gasteiger partial charge in [0.15, 0.2) is 0 Å². The highest BCUT2D eigenvalue weighted by Crippen LogP contribution is 2.29. The lowest BCUT2D eigenvalue weighted by molar-refractivity contribution is -0.145. The molecule has 2 atom stereocenters. The monoisotopic (exact) mass is 451 g/mol. The van der Waals surface area contributed by atoms with Gasteiger partial charge in [0.2, 0.25) is 5.88 Å². The molecule has 28 heavy (non-hydrogen) atoms. The van der Waals surface area contributed by atoms with Gasteiger partial charge in [-0.2, -0.15) is 0 Å². The number of benzene rings is 1. The minimum Gasteiger partial charge on any atom is -0.472 e. The van der Waals surface area contributed by atoms with Gasteiger partial charge in [-0.1, -0.05) is 15.9 Å². The summed E-state index contributed by atoms with van der Waals surface area (Å²) in [6, 6.07) is 4.83. The third kappa shape index (κ3) is 4.52. The van der Waals surface area contributed by atoms with Gasteiger partial charge >= 0.3 is 12.1 Å². The molecule has 2 aromatic rings. The van der Waals surface area contributed by atoms with Crippen LogP contribution in [0, 0.1) is 0 Å². The quantitative estimate of drug-likeness (QED) is 0.660. The molecule has 0 saturated carbocycles. The number of nitrogens with zero attached hydrogens (tertiary/aromatic N) is 3. The second-order valence-electron chi connectivity index (χ2n) is 7.49. The number of hydrogen-bond acceptors (Lipinski definition) is 7. The first kappa shape index (κ1) is 20.3. The van der Waals surface area contributed by atoms with E-state index < -0.39 is 29.8 Å². The maximum Gasteiger partial charge on any atom is 0.411 e. The summed E-state index contributed by atoms with van der Waals surface area (Å²) in [6.07, 6.45) is 0.688. The molecule has 0 unspecified atom stereocenters. The van der Waals surface area contributed by atoms with Crippen molar-refractivity contribution in [1.29, 1.82) is 0 Å². The van der Waals surface area contributed by atoms with Crippen LogP contribution < -0.4 is 4.74 Å². The summed E-state index contributed by atoms with van der Waals surface area (Å²) >= 11 is 3.43. The molecule has 1 fully saturated rings. The number of amides is 1. The van der Waals surface area contributed by atoms with E-state index in [1.165, 1.54) is 18.3 Å². The summed E-state index contributed by atoms with van der Waals surface area (Å²) in [5.74, 6) is -0.113. The number of hydrogen-bond donors (Lipinski definition) is 0. The Balaban J connectivity index is 1.83. The van der Waals surface area contributed by atoms with Gasteiger partial charge in [-0.3, -0.25) is 4.90 Å². The van der Waals surface area contributed by atoms with Crippen LogP contribution in [0.25, 0.3) is 10.9 Å². The molecule has 1 aliphatic rings. The molecule has 1 aromatic heterocycles. The van der Waals surface area contributed by atoms with Crippen molar-refractivity contribution in [3.05, 3.63) is 29.0 Å². The van der Waals surface area contributed by atoms with Crippen molar-refractivity contribution in [2.45, 2.75) is 44.9 Å². The summed E-state index contributed by atoms with van der Waals surface area (Å²) in [4.78, 5) is 34.5. The summed E-state index contributed by atoms with van der Waals surface area (Å²) < 4.78 is 17.2. The first-order chi connectivity index (χ1) is 13.2. The van der Waals surface area contributed by atoms with E-state index in [4.69, 9.17) is 14.2 Å². The molecule has 1 aliphatic heterocycles. The van der Waals surface area contributed by atoms with Crippen LogP contribution >= 0.6 is 15.9 Å². The Morgan fingerprint density at radius 2 is 2.00 bits per heavy atom. The number of likely N-dealkylation sites (tertiary alicyclic amines) is 1. The number of carbonyl (C=O) groups excluding carboxylic acids is 2. The summed E-state index contributed by atoms with van der Waals surface area (Å²) in [5, 5.41) is 0.738. The van der Waals surface area contributed by atoms with Gasteiger partial charge in [0.25, 0.3) is 0 Å². The Kier molecular flexibility index (Phi) is 5.74. The van der Waals surface area contributed by atoms with E-state index in [-0.39, 0.29) is 13.0 Å². The van der Waals surface area contributed by atoms with Gasteiger partial charge in [0.1, 0.15) is 24.1 Å². The van der Waals surface area contributed by atoms with Gasteiger partial charge in [0, 0.05) is 10.9 Å². The number of rotatable bonds is 3. The van der Waals surface area contributed by atoms with Gasteiger partial charge in [-0.25, -0.2) is 19.6 Å². The van der Waals surface area contributed by atoms with Crippen molar-refractivity contribution in [3.8, 4) is 5.88 Å². The lowest BCUT2D eigenvalue weighted by Crippen LogP contribution is -2.44. The Labute approximate surface area is 171 Å². The third-order valence-electron chi connectivity index (χ3n) is 4.20. The van der Waals surface area contributed by atoms with E-state index >= 15 is 0 Å². The Morgan fingerprint density at radius 1 is 1.25 bits per heavy atom. The largest absolute Gasteiger partial charge is 0.472 e. The zero-order chi connectivity index (χ0) is 20.5. The van der Waals surface area contributed by atoms with Crippen molar-refractivity contribution in [2.24, 2.45) is 0 Å². The highest BCUT2D eigenvalue weighted by Gasteiger charge is 2.43. The third-order valence-corrected chi connectivity index (χ3v) is 4.70. The van der Waals surface area contributed by atoms with E-state index in [1.807, 2.05) is 18.2 Å². The first-order valence-corrected chi connectivity index (χ1v) is 9.61. The normalized spacial score (nSPS) is 19.5. The van der Waals surface area contributed by atoms with E-state index in [1.54, 1.807) is 20.8 Å². The van der Waals surface area contributed by atoms with Crippen LogP contribution in [0.5, 0.6) is 5.88 Å². The lowest BCUT2D eigenvalue weighted by Gasteiger charge is -2.27. The second-order valence-corrected chi connectivity index (χ2v) is 8.40. The molecular formula is C19H22BrN3O5. The fourth-order valence-electron chi connectivity index (χ4n) is 3.02. The standard InChI is InChI=1S/C19H22BrN3O5/c1-19(2,3)28-18(25)23-9-12(8-15(23)17(24)26-4)27-16-13-7-11(20)5-6-14(13)21-10-22-16/h5-7,10,12,15H,8-9H2,1-4H3/t12-,15-/m1/s1. The molecule has 8 nitrogen and oxygen atoms in total. The predicted octanol–water partition coefficient (Wildman–Crippen LogP) is 3.32. The highest BCUT2D eigenvalue weighted by atomic mass is 79.9. The van der Waals surface area contributed by atoms with Crippen molar-refractivity contribution >= 4 is 38.9 Å². The second kappa shape index (κ2) is 7.90. The van der Waals surface area contributed by atoms with E-state index in [9.17, 15) is 9.59 Å². The lowest BCUT2D eigenvalue weighted by atomic mass is 10.2. The summed E-state index contributed by atoms with van der Waals surface area (Å²) in [7, 11) is 1.29. The molecule has 1 saturated heterocycles. The minimum atomic E-state index is -0.773. The number of esters is 1. The molecule has 0 N–H and O–H groups in total. The molecule has 0 bridgehead atoms. The van der Waals surface area contributed by atoms with Gasteiger partial charge in [-0.15, -0.1) is 0 Å². The van der Waals surface area contributed by atoms with E-state index in [2.05, 4.69) is 25.9 Å². The topological polar surface area (TPSA) is 90.9 Å². The van der Waals surface area contributed by atoms with E-state index in [0.717, 1.165) is 15.4 Å². The van der Waals surface area contributed by atoms with Gasteiger partial charge < -0.3 is 14.2 Å². The highest BCUT2D eigenvalue weighted by molar-refractivity contribution is 9.10. The van der Waals surface area contributed by atoms with Crippen LogP contribution in [0.4, 0.5) is 4.79 Å². The van der Waals surface area contributed by atoms with Crippen molar-refractivity contribution < 1.29 is 23.8 Å². The number of halogens is 1. The maximum absolute atomic E-state index is 12.6. The number of fused-ring (bicyclic) bond motifs is 1. The van der Waals surface area contributed by atoms with Crippen LogP contribution in [-0.2, 0) is 14.3 Å². The number of methoxy groups -OCH3 is 1. The minimum absolute atomic E-state index is 0.189. The van der Waals surface area contributed by atoms with Crippen molar-refractivity contribution in [2.75, 3.05) is 13.7 Å². The average Bonchev–Trinajstić information content (AvgIpc) is 3.04. The zero-order valence-corrected chi connectivity index (χ0v) is 17.7. The maximum atomic E-state index is 12.6. The Hall–Kier alpha value is -2.42. The Morgan fingerprint density at radius 3 is 2.68 bits per heavy atom. The van der Waals surface area contributed by atoms with Crippen LogP contribution in [0.15, 0.2) is 29.0 Å². The fourth-order valence-corrected chi connectivity index (χ4v) is 3.38. The van der Waals surface area contributed by atoms with Crippen LogP contribution in [0.2, 0.25) is 0 Å². The number of ether oxygens (including phenoxy) is 3. The predicted molar refractivity (Wildman–Crippen MR) is 105 cm³/mol. The van der Waals surface area contributed by atoms with E-state index in [0.29, 0.717) is 5.88 Å². The van der Waals surface area contributed by atoms with Gasteiger partial charge in [0.05, 0.1) is 24.6 Å². The van der Waals surface area contributed by atoms with Crippen LogP contribution in [-0.4, -0.2) is 58.3 Å². The smallest absolute Gasteiger partial charge is 0.411 e. The van der Waals surface area contributed by atoms with Crippen LogP contribution in [0.3, 0.4) is 0 Å². The fraction of sp³-hybridized carbons (Fsp3) is 0.474. The molecule has 0 spiro atoms. The molecule has 0 aliphatic carbocycles. The Bertz CT molecular complexity index is 899. The molecule has 1 amide bonds. The summed E-state index contributed by atoms with van der Waals surface area (Å²) in [6.45, 7) is 5.50. The molecule has 150 valence electrons. The molecule has 3 rings (SSSR count). The molecule has 1 aromatic carbocycles. The zero-order valence-electron chi connectivity index (χ0n) is 16.1. The van der Waals surface area contributed by atoms with Crippen molar-refractivity contribution in [1.82, 2.24) is 14.9 Å². The molecule has 9 heteroatoms. The molecule has 2 heterocycles. The van der Waals surface area contributed by atoms with Crippen molar-refractivity contribution in [3.63, 3.8) is 0 Å². The summed E-state index contributed by atoms with van der Waals surface area (Å²) in [5.41, 5.74) is 0.0611.